The summed E-state index contributed by atoms with van der Waals surface area (Å²) in [5.41, 5.74) is 0.560. The van der Waals surface area contributed by atoms with Crippen LogP contribution in [-0.2, 0) is 4.79 Å². The molecule has 0 spiro atoms. The second-order valence-corrected chi connectivity index (χ2v) is 5.92. The van der Waals surface area contributed by atoms with Crippen LogP contribution < -0.4 is 0 Å². The molecular formula is C15H17Cl2NO2. The highest BCUT2D eigenvalue weighted by atomic mass is 35.5. The molecule has 1 aromatic carbocycles. The van der Waals surface area contributed by atoms with Gasteiger partial charge in [-0.1, -0.05) is 30.1 Å². The number of carbonyl (C=O) groups is 2. The molecule has 0 N–H and O–H groups in total. The predicted octanol–water partition coefficient (Wildman–Crippen LogP) is 3.48. The van der Waals surface area contributed by atoms with E-state index in [1.54, 1.807) is 18.2 Å². The van der Waals surface area contributed by atoms with Gasteiger partial charge in [-0.2, -0.15) is 0 Å². The number of hydrogen-bond donors (Lipinski definition) is 0. The highest BCUT2D eigenvalue weighted by Crippen LogP contribution is 2.23. The summed E-state index contributed by atoms with van der Waals surface area (Å²) in [6.45, 7) is 3.65. The first kappa shape index (κ1) is 15.5. The Morgan fingerprint density at radius 3 is 2.75 bits per heavy atom. The average molecular weight is 314 g/mol. The molecule has 20 heavy (non-hydrogen) atoms. The van der Waals surface area contributed by atoms with Gasteiger partial charge in [0.2, 0.25) is 0 Å². The Balaban J connectivity index is 2.00. The van der Waals surface area contributed by atoms with E-state index < -0.39 is 0 Å². The lowest BCUT2D eigenvalue weighted by Gasteiger charge is -2.30. The van der Waals surface area contributed by atoms with Crippen molar-refractivity contribution in [3.63, 3.8) is 0 Å². The van der Waals surface area contributed by atoms with Gasteiger partial charge in [-0.25, -0.2) is 0 Å². The zero-order chi connectivity index (χ0) is 14.7. The summed E-state index contributed by atoms with van der Waals surface area (Å²) in [6.07, 6.45) is 1.36. The maximum atomic E-state index is 12.2. The van der Waals surface area contributed by atoms with Gasteiger partial charge in [-0.3, -0.25) is 14.5 Å². The second kappa shape index (κ2) is 6.70. The molecule has 0 radical (unpaired) electrons. The van der Waals surface area contributed by atoms with Crippen LogP contribution in [0.2, 0.25) is 10.0 Å². The Hall–Kier alpha value is -0.900. The molecule has 1 atom stereocenters. The first-order chi connectivity index (χ1) is 9.51. The fourth-order valence-electron chi connectivity index (χ4n) is 2.44. The summed E-state index contributed by atoms with van der Waals surface area (Å²) >= 11 is 11.8. The van der Waals surface area contributed by atoms with Gasteiger partial charge < -0.3 is 0 Å². The van der Waals surface area contributed by atoms with Crippen LogP contribution in [-0.4, -0.2) is 36.1 Å². The number of piperidine rings is 1. The summed E-state index contributed by atoms with van der Waals surface area (Å²) in [7, 11) is 0. The number of carbonyl (C=O) groups excluding carboxylic acids is 2. The number of likely N-dealkylation sites (tertiary alicyclic amines) is 1. The minimum Gasteiger partial charge on any atom is -0.299 e. The predicted molar refractivity (Wildman–Crippen MR) is 80.6 cm³/mol. The summed E-state index contributed by atoms with van der Waals surface area (Å²) in [4.78, 5) is 25.9. The first-order valence-electron chi connectivity index (χ1n) is 6.74. The lowest BCUT2D eigenvalue weighted by molar-refractivity contribution is -0.126. The van der Waals surface area contributed by atoms with Crippen molar-refractivity contribution in [3.05, 3.63) is 33.8 Å². The SMILES string of the molecule is CCC1CN(CC(=O)c2ccc(Cl)c(Cl)c2)CCC1=O. The molecule has 0 aromatic heterocycles. The Morgan fingerprint density at radius 2 is 2.10 bits per heavy atom. The number of rotatable bonds is 4. The molecule has 1 unspecified atom stereocenters. The highest BCUT2D eigenvalue weighted by Gasteiger charge is 2.26. The summed E-state index contributed by atoms with van der Waals surface area (Å²) < 4.78 is 0. The van der Waals surface area contributed by atoms with Gasteiger partial charge in [-0.15, -0.1) is 0 Å². The van der Waals surface area contributed by atoms with Crippen molar-refractivity contribution < 1.29 is 9.59 Å². The fraction of sp³-hybridized carbons (Fsp3) is 0.467. The standard InChI is InChI=1S/C15H17Cl2NO2/c1-2-10-8-18(6-5-14(10)19)9-15(20)11-3-4-12(16)13(17)7-11/h3-4,7,10H,2,5-6,8-9H2,1H3. The molecule has 0 saturated carbocycles. The van der Waals surface area contributed by atoms with E-state index in [-0.39, 0.29) is 11.7 Å². The Morgan fingerprint density at radius 1 is 1.35 bits per heavy atom. The number of nitrogens with zero attached hydrogens (tertiary/aromatic N) is 1. The van der Waals surface area contributed by atoms with Crippen LogP contribution >= 0.6 is 23.2 Å². The van der Waals surface area contributed by atoms with E-state index in [9.17, 15) is 9.59 Å². The number of hydrogen-bond acceptors (Lipinski definition) is 3. The maximum absolute atomic E-state index is 12.2. The topological polar surface area (TPSA) is 37.4 Å². The van der Waals surface area contributed by atoms with Crippen molar-refractivity contribution >= 4 is 34.8 Å². The van der Waals surface area contributed by atoms with E-state index >= 15 is 0 Å². The van der Waals surface area contributed by atoms with E-state index in [0.29, 0.717) is 47.4 Å². The Labute approximate surface area is 128 Å². The van der Waals surface area contributed by atoms with Crippen LogP contribution in [0.15, 0.2) is 18.2 Å². The number of Topliss-reactive ketones (excluding diaryl/α,β-unsaturated/α-hetero) is 2. The average Bonchev–Trinajstić information content (AvgIpc) is 2.43. The van der Waals surface area contributed by atoms with E-state index in [0.717, 1.165) is 6.42 Å². The van der Waals surface area contributed by atoms with Crippen molar-refractivity contribution in [2.75, 3.05) is 19.6 Å². The van der Waals surface area contributed by atoms with Crippen LogP contribution in [0.4, 0.5) is 0 Å². The van der Waals surface area contributed by atoms with Gasteiger partial charge in [0.05, 0.1) is 16.6 Å². The smallest absolute Gasteiger partial charge is 0.176 e. The van der Waals surface area contributed by atoms with Crippen LogP contribution in [0.25, 0.3) is 0 Å². The van der Waals surface area contributed by atoms with Gasteiger partial charge in [0.15, 0.2) is 5.78 Å². The Bertz CT molecular complexity index is 531. The lowest BCUT2D eigenvalue weighted by atomic mass is 9.94. The molecule has 2 rings (SSSR count). The molecule has 1 saturated heterocycles. The third-order valence-corrected chi connectivity index (χ3v) is 4.45. The zero-order valence-electron chi connectivity index (χ0n) is 11.4. The molecule has 5 heteroatoms. The molecular weight excluding hydrogens is 297 g/mol. The minimum absolute atomic E-state index is 0.00719. The quantitative estimate of drug-likeness (QED) is 0.799. The van der Waals surface area contributed by atoms with Gasteiger partial charge >= 0.3 is 0 Å². The molecule has 1 aliphatic heterocycles. The molecule has 3 nitrogen and oxygen atoms in total. The highest BCUT2D eigenvalue weighted by molar-refractivity contribution is 6.42. The third-order valence-electron chi connectivity index (χ3n) is 3.71. The van der Waals surface area contributed by atoms with Crippen LogP contribution in [0.3, 0.4) is 0 Å². The van der Waals surface area contributed by atoms with E-state index in [2.05, 4.69) is 0 Å². The monoisotopic (exact) mass is 313 g/mol. The fourth-order valence-corrected chi connectivity index (χ4v) is 2.74. The van der Waals surface area contributed by atoms with Gasteiger partial charge in [0, 0.05) is 31.0 Å². The van der Waals surface area contributed by atoms with E-state index in [4.69, 9.17) is 23.2 Å². The minimum atomic E-state index is 0.00719. The number of benzene rings is 1. The molecule has 108 valence electrons. The van der Waals surface area contributed by atoms with Crippen molar-refractivity contribution in [2.45, 2.75) is 19.8 Å². The summed E-state index contributed by atoms with van der Waals surface area (Å²) in [5.74, 6) is 0.379. The largest absolute Gasteiger partial charge is 0.299 e. The molecule has 0 amide bonds. The molecule has 0 aliphatic carbocycles. The third kappa shape index (κ3) is 3.60. The summed E-state index contributed by atoms with van der Waals surface area (Å²) in [5, 5.41) is 0.829. The molecule has 1 heterocycles. The summed E-state index contributed by atoms with van der Waals surface area (Å²) in [6, 6.07) is 4.91. The van der Waals surface area contributed by atoms with Crippen molar-refractivity contribution in [2.24, 2.45) is 5.92 Å². The second-order valence-electron chi connectivity index (χ2n) is 5.11. The van der Waals surface area contributed by atoms with Gasteiger partial charge in [0.1, 0.15) is 5.78 Å². The van der Waals surface area contributed by atoms with Crippen molar-refractivity contribution in [3.8, 4) is 0 Å². The Kier molecular flexibility index (Phi) is 5.19. The molecule has 1 aliphatic rings. The normalized spacial score (nSPS) is 20.1. The van der Waals surface area contributed by atoms with Crippen LogP contribution in [0, 0.1) is 5.92 Å². The van der Waals surface area contributed by atoms with E-state index in [1.807, 2.05) is 11.8 Å². The zero-order valence-corrected chi connectivity index (χ0v) is 12.9. The van der Waals surface area contributed by atoms with Crippen LogP contribution in [0.5, 0.6) is 0 Å². The number of halogens is 2. The first-order valence-corrected chi connectivity index (χ1v) is 7.50. The molecule has 1 fully saturated rings. The van der Waals surface area contributed by atoms with Crippen LogP contribution in [0.1, 0.15) is 30.1 Å². The van der Waals surface area contributed by atoms with Crippen molar-refractivity contribution in [1.29, 1.82) is 0 Å². The number of ketones is 2. The van der Waals surface area contributed by atoms with Gasteiger partial charge in [0.25, 0.3) is 0 Å². The molecule has 1 aromatic rings. The van der Waals surface area contributed by atoms with Gasteiger partial charge in [-0.05, 0) is 24.6 Å². The van der Waals surface area contributed by atoms with E-state index in [1.165, 1.54) is 0 Å². The maximum Gasteiger partial charge on any atom is 0.176 e. The lowest BCUT2D eigenvalue weighted by Crippen LogP contribution is -2.42. The van der Waals surface area contributed by atoms with Crippen molar-refractivity contribution in [1.82, 2.24) is 4.90 Å². The molecule has 0 bridgehead atoms.